The van der Waals surface area contributed by atoms with E-state index in [1.165, 1.54) is 6.42 Å². The van der Waals surface area contributed by atoms with Crippen molar-refractivity contribution >= 4 is 33.3 Å². The van der Waals surface area contributed by atoms with Crippen molar-refractivity contribution < 1.29 is 0 Å². The fourth-order valence-corrected chi connectivity index (χ4v) is 3.03. The summed E-state index contributed by atoms with van der Waals surface area (Å²) in [5.74, 6) is 7.65. The molecule has 0 radical (unpaired) electrons. The topological polar surface area (TPSA) is 67.1 Å². The predicted octanol–water partition coefficient (Wildman–Crippen LogP) is 1.82. The number of hydrogen-bond acceptors (Lipinski definition) is 6. The molecule has 1 unspecified atom stereocenters. The van der Waals surface area contributed by atoms with Crippen molar-refractivity contribution in [2.45, 2.75) is 13.3 Å². The van der Waals surface area contributed by atoms with Crippen molar-refractivity contribution in [3.63, 3.8) is 0 Å². The first-order chi connectivity index (χ1) is 8.28. The van der Waals surface area contributed by atoms with Crippen LogP contribution in [0.15, 0.2) is 11.4 Å². The number of fused-ring (bicyclic) bond motifs is 1. The molecule has 6 heteroatoms. The highest BCUT2D eigenvalue weighted by atomic mass is 32.1. The van der Waals surface area contributed by atoms with Crippen molar-refractivity contribution in [1.29, 1.82) is 0 Å². The van der Waals surface area contributed by atoms with E-state index in [9.17, 15) is 0 Å². The molecule has 0 bridgehead atoms. The molecule has 90 valence electrons. The molecule has 0 saturated carbocycles. The van der Waals surface area contributed by atoms with Crippen LogP contribution in [0.4, 0.5) is 11.8 Å². The maximum absolute atomic E-state index is 5.42. The number of thiophene rings is 1. The minimum atomic E-state index is 0.495. The lowest BCUT2D eigenvalue weighted by molar-refractivity contribution is 0.659. The molecule has 1 fully saturated rings. The van der Waals surface area contributed by atoms with Gasteiger partial charge in [0, 0.05) is 13.1 Å². The number of nitrogen functional groups attached to an aromatic ring is 1. The first kappa shape index (κ1) is 10.7. The fourth-order valence-electron chi connectivity index (χ4n) is 2.27. The summed E-state index contributed by atoms with van der Waals surface area (Å²) in [5, 5.41) is 3.17. The second-order valence-electron chi connectivity index (χ2n) is 4.49. The molecule has 3 heterocycles. The first-order valence-corrected chi connectivity index (χ1v) is 6.62. The predicted molar refractivity (Wildman–Crippen MR) is 71.2 cm³/mol. The second kappa shape index (κ2) is 4.12. The second-order valence-corrected chi connectivity index (χ2v) is 5.39. The Morgan fingerprint density at radius 1 is 1.53 bits per heavy atom. The Kier molecular flexibility index (Phi) is 2.60. The number of anilines is 2. The largest absolute Gasteiger partial charge is 0.356 e. The molecule has 1 aliphatic rings. The van der Waals surface area contributed by atoms with Crippen LogP contribution in [0.2, 0.25) is 0 Å². The lowest BCUT2D eigenvalue weighted by Crippen LogP contribution is -2.22. The molecule has 5 nitrogen and oxygen atoms in total. The molecule has 3 rings (SSSR count). The van der Waals surface area contributed by atoms with Crippen molar-refractivity contribution in [2.24, 2.45) is 11.8 Å². The van der Waals surface area contributed by atoms with Gasteiger partial charge in [-0.2, -0.15) is 4.98 Å². The zero-order chi connectivity index (χ0) is 11.8. The SMILES string of the molecule is CC1CCN(c2nc(NN)nc3sccc23)C1. The third kappa shape index (κ3) is 1.83. The van der Waals surface area contributed by atoms with Gasteiger partial charge in [0.15, 0.2) is 0 Å². The van der Waals surface area contributed by atoms with E-state index in [-0.39, 0.29) is 0 Å². The van der Waals surface area contributed by atoms with Gasteiger partial charge in [0.05, 0.1) is 5.39 Å². The highest BCUT2D eigenvalue weighted by Gasteiger charge is 2.22. The van der Waals surface area contributed by atoms with Gasteiger partial charge < -0.3 is 4.90 Å². The van der Waals surface area contributed by atoms with E-state index in [0.717, 1.165) is 35.0 Å². The van der Waals surface area contributed by atoms with Crippen molar-refractivity contribution in [1.82, 2.24) is 9.97 Å². The van der Waals surface area contributed by atoms with Crippen LogP contribution in [0.1, 0.15) is 13.3 Å². The lowest BCUT2D eigenvalue weighted by Gasteiger charge is -2.18. The number of nitrogens with one attached hydrogen (secondary N) is 1. The molecule has 17 heavy (non-hydrogen) atoms. The lowest BCUT2D eigenvalue weighted by atomic mass is 10.2. The number of rotatable bonds is 2. The fraction of sp³-hybridized carbons (Fsp3) is 0.455. The minimum Gasteiger partial charge on any atom is -0.356 e. The molecule has 1 aliphatic heterocycles. The molecule has 0 aromatic carbocycles. The molecule has 0 aliphatic carbocycles. The number of nitrogens with zero attached hydrogens (tertiary/aromatic N) is 3. The summed E-state index contributed by atoms with van der Waals surface area (Å²) in [7, 11) is 0. The van der Waals surface area contributed by atoms with E-state index in [0.29, 0.717) is 5.95 Å². The Morgan fingerprint density at radius 3 is 3.12 bits per heavy atom. The van der Waals surface area contributed by atoms with Gasteiger partial charge in [-0.3, -0.25) is 5.43 Å². The number of aromatic nitrogens is 2. The Balaban J connectivity index is 2.10. The van der Waals surface area contributed by atoms with Crippen LogP contribution in [0.3, 0.4) is 0 Å². The van der Waals surface area contributed by atoms with E-state index in [1.807, 2.05) is 5.38 Å². The number of hydrazine groups is 1. The Labute approximate surface area is 104 Å². The van der Waals surface area contributed by atoms with Crippen LogP contribution < -0.4 is 16.2 Å². The molecule has 0 spiro atoms. The Morgan fingerprint density at radius 2 is 2.41 bits per heavy atom. The van der Waals surface area contributed by atoms with Gasteiger partial charge in [0.2, 0.25) is 5.95 Å². The summed E-state index contributed by atoms with van der Waals surface area (Å²) >= 11 is 1.62. The van der Waals surface area contributed by atoms with E-state index in [2.05, 4.69) is 33.3 Å². The van der Waals surface area contributed by atoms with E-state index < -0.39 is 0 Å². The first-order valence-electron chi connectivity index (χ1n) is 5.74. The average Bonchev–Trinajstić information content (AvgIpc) is 2.95. The molecule has 2 aromatic heterocycles. The minimum absolute atomic E-state index is 0.495. The van der Waals surface area contributed by atoms with Gasteiger partial charge in [-0.05, 0) is 23.8 Å². The quantitative estimate of drug-likeness (QED) is 0.628. The summed E-state index contributed by atoms with van der Waals surface area (Å²) in [5.41, 5.74) is 2.54. The van der Waals surface area contributed by atoms with Gasteiger partial charge in [-0.15, -0.1) is 11.3 Å². The maximum atomic E-state index is 5.42. The van der Waals surface area contributed by atoms with Crippen LogP contribution in [0, 0.1) is 5.92 Å². The molecule has 1 saturated heterocycles. The smallest absolute Gasteiger partial charge is 0.240 e. The van der Waals surface area contributed by atoms with Gasteiger partial charge in [0.25, 0.3) is 0 Å². The van der Waals surface area contributed by atoms with Crippen molar-refractivity contribution in [3.05, 3.63) is 11.4 Å². The van der Waals surface area contributed by atoms with Crippen LogP contribution in [-0.2, 0) is 0 Å². The van der Waals surface area contributed by atoms with E-state index >= 15 is 0 Å². The maximum Gasteiger partial charge on any atom is 0.240 e. The van der Waals surface area contributed by atoms with Crippen LogP contribution in [0.5, 0.6) is 0 Å². The third-order valence-electron chi connectivity index (χ3n) is 3.16. The summed E-state index contributed by atoms with van der Waals surface area (Å²) < 4.78 is 0. The van der Waals surface area contributed by atoms with Gasteiger partial charge in [-0.25, -0.2) is 10.8 Å². The Hall–Kier alpha value is -1.40. The zero-order valence-electron chi connectivity index (χ0n) is 9.68. The zero-order valence-corrected chi connectivity index (χ0v) is 10.5. The molecule has 2 aromatic rings. The summed E-state index contributed by atoms with van der Waals surface area (Å²) in [4.78, 5) is 12.2. The Bertz CT molecular complexity index is 538. The van der Waals surface area contributed by atoms with Crippen LogP contribution in [0.25, 0.3) is 10.2 Å². The summed E-state index contributed by atoms with van der Waals surface area (Å²) in [6.45, 7) is 4.40. The summed E-state index contributed by atoms with van der Waals surface area (Å²) in [6, 6.07) is 2.08. The van der Waals surface area contributed by atoms with Crippen molar-refractivity contribution in [3.8, 4) is 0 Å². The average molecular weight is 249 g/mol. The van der Waals surface area contributed by atoms with Gasteiger partial charge in [0.1, 0.15) is 10.6 Å². The van der Waals surface area contributed by atoms with Crippen molar-refractivity contribution in [2.75, 3.05) is 23.4 Å². The standard InChI is InChI=1S/C11H15N5S/c1-7-2-4-16(6-7)9-8-3-5-17-10(8)14-11(13-9)15-12/h3,5,7H,2,4,6,12H2,1H3,(H,13,14,15). The highest BCUT2D eigenvalue weighted by molar-refractivity contribution is 7.16. The van der Waals surface area contributed by atoms with Gasteiger partial charge >= 0.3 is 0 Å². The van der Waals surface area contributed by atoms with Crippen LogP contribution >= 0.6 is 11.3 Å². The number of nitrogens with two attached hydrogens (primary N) is 1. The summed E-state index contributed by atoms with van der Waals surface area (Å²) in [6.07, 6.45) is 1.22. The third-order valence-corrected chi connectivity index (χ3v) is 3.96. The van der Waals surface area contributed by atoms with Gasteiger partial charge in [-0.1, -0.05) is 6.92 Å². The highest BCUT2D eigenvalue weighted by Crippen LogP contribution is 2.31. The molecular weight excluding hydrogens is 234 g/mol. The normalized spacial score (nSPS) is 20.1. The van der Waals surface area contributed by atoms with E-state index in [4.69, 9.17) is 5.84 Å². The molecule has 0 amide bonds. The molecule has 3 N–H and O–H groups in total. The molecule has 1 atom stereocenters. The number of hydrogen-bond donors (Lipinski definition) is 2. The monoisotopic (exact) mass is 249 g/mol. The van der Waals surface area contributed by atoms with E-state index in [1.54, 1.807) is 11.3 Å². The van der Waals surface area contributed by atoms with Crippen LogP contribution in [-0.4, -0.2) is 23.1 Å². The molecular formula is C11H15N5S.